The number of halogens is 1. The van der Waals surface area contributed by atoms with E-state index in [1.54, 1.807) is 43.0 Å². The zero-order valence-electron chi connectivity index (χ0n) is 14.7. The normalized spacial score (nSPS) is 22.6. The van der Waals surface area contributed by atoms with Crippen molar-refractivity contribution in [3.8, 4) is 0 Å². The van der Waals surface area contributed by atoms with Crippen LogP contribution in [0.4, 0.5) is 0 Å². The van der Waals surface area contributed by atoms with E-state index in [2.05, 4.69) is 10.6 Å². The minimum atomic E-state index is -3.14. The molecule has 9 heteroatoms. The summed E-state index contributed by atoms with van der Waals surface area (Å²) < 4.78 is 23.5. The van der Waals surface area contributed by atoms with Crippen molar-refractivity contribution in [2.45, 2.75) is 31.3 Å². The lowest BCUT2D eigenvalue weighted by Gasteiger charge is -2.27. The minimum Gasteiger partial charge on any atom is -0.348 e. The van der Waals surface area contributed by atoms with E-state index in [0.717, 1.165) is 0 Å². The van der Waals surface area contributed by atoms with Crippen molar-refractivity contribution in [1.82, 2.24) is 10.6 Å². The molecule has 0 unspecified atom stereocenters. The first-order valence-electron chi connectivity index (χ1n) is 8.22. The molecule has 144 valence electrons. The largest absolute Gasteiger partial charge is 0.348 e. The van der Waals surface area contributed by atoms with Crippen molar-refractivity contribution < 1.29 is 18.0 Å². The van der Waals surface area contributed by atoms with E-state index >= 15 is 0 Å². The van der Waals surface area contributed by atoms with Gasteiger partial charge in [-0.1, -0.05) is 23.7 Å². The van der Waals surface area contributed by atoms with Gasteiger partial charge in [0.25, 0.3) is 5.91 Å². The van der Waals surface area contributed by atoms with Gasteiger partial charge in [0.2, 0.25) is 5.91 Å². The van der Waals surface area contributed by atoms with Crippen LogP contribution in [0.3, 0.4) is 0 Å². The number of sulfone groups is 1. The van der Waals surface area contributed by atoms with E-state index in [4.69, 9.17) is 11.6 Å². The molecule has 0 bridgehead atoms. The second-order valence-corrected chi connectivity index (χ2v) is 10.3. The van der Waals surface area contributed by atoms with Crippen LogP contribution in [0.1, 0.15) is 30.1 Å². The molecule has 0 aliphatic carbocycles. The maximum atomic E-state index is 12.7. The number of hydrogen-bond acceptors (Lipinski definition) is 5. The van der Waals surface area contributed by atoms with Gasteiger partial charge in [0.1, 0.15) is 6.04 Å². The van der Waals surface area contributed by atoms with Crippen LogP contribution in [-0.2, 0) is 14.6 Å². The molecular formula is C17H23ClN2O4S2. The van der Waals surface area contributed by atoms with E-state index in [1.807, 2.05) is 6.26 Å². The van der Waals surface area contributed by atoms with Crippen LogP contribution in [-0.4, -0.2) is 55.3 Å². The molecular weight excluding hydrogens is 396 g/mol. The highest BCUT2D eigenvalue weighted by Crippen LogP contribution is 2.23. The van der Waals surface area contributed by atoms with Gasteiger partial charge >= 0.3 is 0 Å². The van der Waals surface area contributed by atoms with Crippen LogP contribution in [0.25, 0.3) is 0 Å². The van der Waals surface area contributed by atoms with E-state index in [-0.39, 0.29) is 17.4 Å². The SMILES string of the molecule is CSCC[C@H](NC(=O)c1ccccc1Cl)C(=O)N[C@@]1(C)CCS(=O)(=O)C1. The molecule has 0 aromatic heterocycles. The monoisotopic (exact) mass is 418 g/mol. The highest BCUT2D eigenvalue weighted by atomic mass is 35.5. The third-order valence-electron chi connectivity index (χ3n) is 4.28. The Balaban J connectivity index is 2.10. The van der Waals surface area contributed by atoms with E-state index in [9.17, 15) is 18.0 Å². The van der Waals surface area contributed by atoms with Crippen LogP contribution < -0.4 is 10.6 Å². The first kappa shape index (κ1) is 21.1. The summed E-state index contributed by atoms with van der Waals surface area (Å²) in [5.41, 5.74) is -0.506. The van der Waals surface area contributed by atoms with Crippen LogP contribution in [0.5, 0.6) is 0 Å². The zero-order chi connectivity index (χ0) is 19.4. The van der Waals surface area contributed by atoms with Gasteiger partial charge in [-0.2, -0.15) is 11.8 Å². The highest BCUT2D eigenvalue weighted by molar-refractivity contribution is 7.98. The third kappa shape index (κ3) is 5.62. The Bertz CT molecular complexity index is 785. The number of amides is 2. The predicted octanol–water partition coefficient (Wildman–Crippen LogP) is 1.88. The maximum Gasteiger partial charge on any atom is 0.253 e. The fourth-order valence-corrected chi connectivity index (χ4v) is 5.67. The molecule has 1 aromatic rings. The molecule has 1 aromatic carbocycles. The first-order chi connectivity index (χ1) is 12.2. The fourth-order valence-electron chi connectivity index (χ4n) is 2.88. The van der Waals surface area contributed by atoms with Crippen molar-refractivity contribution in [2.75, 3.05) is 23.5 Å². The van der Waals surface area contributed by atoms with Crippen molar-refractivity contribution in [3.05, 3.63) is 34.9 Å². The van der Waals surface area contributed by atoms with Gasteiger partial charge in [-0.05, 0) is 43.9 Å². The van der Waals surface area contributed by atoms with Gasteiger partial charge < -0.3 is 10.6 Å². The topological polar surface area (TPSA) is 92.3 Å². The summed E-state index contributed by atoms with van der Waals surface area (Å²) in [7, 11) is -3.14. The second-order valence-electron chi connectivity index (χ2n) is 6.68. The molecule has 1 aliphatic rings. The van der Waals surface area contributed by atoms with Crippen molar-refractivity contribution in [3.63, 3.8) is 0 Å². The zero-order valence-corrected chi connectivity index (χ0v) is 17.1. The quantitative estimate of drug-likeness (QED) is 0.705. The summed E-state index contributed by atoms with van der Waals surface area (Å²) in [6.07, 6.45) is 2.72. The number of rotatable bonds is 7. The number of thioether (sulfide) groups is 1. The fraction of sp³-hybridized carbons (Fsp3) is 0.529. The minimum absolute atomic E-state index is 0.0608. The van der Waals surface area contributed by atoms with Gasteiger partial charge in [0.15, 0.2) is 9.84 Å². The van der Waals surface area contributed by atoms with E-state index in [1.165, 1.54) is 0 Å². The van der Waals surface area contributed by atoms with Crippen LogP contribution >= 0.6 is 23.4 Å². The highest BCUT2D eigenvalue weighted by Gasteiger charge is 2.40. The van der Waals surface area contributed by atoms with E-state index < -0.39 is 27.3 Å². The lowest BCUT2D eigenvalue weighted by Crippen LogP contribution is -2.55. The molecule has 2 amide bonds. The molecule has 0 radical (unpaired) electrons. The molecule has 2 atom stereocenters. The van der Waals surface area contributed by atoms with Crippen molar-refractivity contribution in [1.29, 1.82) is 0 Å². The molecule has 0 saturated carbocycles. The number of carbonyl (C=O) groups excluding carboxylic acids is 2. The number of nitrogens with one attached hydrogen (secondary N) is 2. The van der Waals surface area contributed by atoms with Gasteiger partial charge in [-0.15, -0.1) is 0 Å². The molecule has 1 heterocycles. The molecule has 1 aliphatic heterocycles. The average Bonchev–Trinajstić information content (AvgIpc) is 2.84. The van der Waals surface area contributed by atoms with Crippen molar-refractivity contribution in [2.24, 2.45) is 0 Å². The number of hydrogen-bond donors (Lipinski definition) is 2. The number of benzene rings is 1. The lowest BCUT2D eigenvalue weighted by atomic mass is 10.0. The summed E-state index contributed by atoms with van der Waals surface area (Å²) in [5, 5.41) is 5.85. The molecule has 2 rings (SSSR count). The third-order valence-corrected chi connectivity index (χ3v) is 7.16. The molecule has 0 spiro atoms. The predicted molar refractivity (Wildman–Crippen MR) is 106 cm³/mol. The molecule has 1 fully saturated rings. The summed E-state index contributed by atoms with van der Waals surface area (Å²) in [6.45, 7) is 1.72. The van der Waals surface area contributed by atoms with Gasteiger partial charge in [-0.25, -0.2) is 8.42 Å². The standard InChI is InChI=1S/C17H23ClN2O4S2/c1-17(8-10-26(23,24)11-17)20-16(22)14(7-9-25-2)19-15(21)12-5-3-4-6-13(12)18/h3-6,14H,7-11H2,1-2H3,(H,19,21)(H,20,22)/t14-,17-/m0/s1. The first-order valence-corrected chi connectivity index (χ1v) is 11.8. The Hall–Kier alpha value is -1.25. The van der Waals surface area contributed by atoms with Crippen molar-refractivity contribution >= 4 is 45.0 Å². The Morgan fingerprint density at radius 1 is 1.35 bits per heavy atom. The van der Waals surface area contributed by atoms with Crippen LogP contribution in [0, 0.1) is 0 Å². The van der Waals surface area contributed by atoms with E-state index in [0.29, 0.717) is 29.2 Å². The molecule has 26 heavy (non-hydrogen) atoms. The second kappa shape index (κ2) is 8.63. The van der Waals surface area contributed by atoms with Gasteiger partial charge in [0, 0.05) is 0 Å². The Labute approximate surface area is 163 Å². The Morgan fingerprint density at radius 3 is 2.62 bits per heavy atom. The van der Waals surface area contributed by atoms with Gasteiger partial charge in [-0.3, -0.25) is 9.59 Å². The maximum absolute atomic E-state index is 12.7. The molecule has 2 N–H and O–H groups in total. The Kier molecular flexibility index (Phi) is 6.99. The summed E-state index contributed by atoms with van der Waals surface area (Å²) in [5.74, 6) is -0.152. The number of carbonyl (C=O) groups is 2. The smallest absolute Gasteiger partial charge is 0.253 e. The van der Waals surface area contributed by atoms with Gasteiger partial charge in [0.05, 0.1) is 27.6 Å². The van der Waals surface area contributed by atoms with Crippen LogP contribution in [0.15, 0.2) is 24.3 Å². The summed E-state index contributed by atoms with van der Waals surface area (Å²) >= 11 is 7.61. The molecule has 6 nitrogen and oxygen atoms in total. The lowest BCUT2D eigenvalue weighted by molar-refractivity contribution is -0.124. The van der Waals surface area contributed by atoms with Crippen LogP contribution in [0.2, 0.25) is 5.02 Å². The Morgan fingerprint density at radius 2 is 2.04 bits per heavy atom. The molecule has 1 saturated heterocycles. The summed E-state index contributed by atoms with van der Waals surface area (Å²) in [6, 6.07) is 5.86. The summed E-state index contributed by atoms with van der Waals surface area (Å²) in [4.78, 5) is 25.2. The average molecular weight is 419 g/mol.